The molecule has 1 aliphatic heterocycles. The summed E-state index contributed by atoms with van der Waals surface area (Å²) in [6, 6.07) is 26.9. The third-order valence-electron chi connectivity index (χ3n) is 5.00. The third-order valence-corrected chi connectivity index (χ3v) is 9.67. The van der Waals surface area contributed by atoms with Crippen molar-refractivity contribution in [2.24, 2.45) is 0 Å². The van der Waals surface area contributed by atoms with Gasteiger partial charge in [-0.3, -0.25) is 0 Å². The molecule has 4 rings (SSSR count). The van der Waals surface area contributed by atoms with Gasteiger partial charge in [0.25, 0.3) is 0 Å². The minimum atomic E-state index is -0.488. The number of aryl methyl sites for hydroxylation is 2. The minimum absolute atomic E-state index is 0.0297. The van der Waals surface area contributed by atoms with Gasteiger partial charge >= 0.3 is 183 Å². The third kappa shape index (κ3) is 3.64. The van der Waals surface area contributed by atoms with E-state index in [1.54, 1.807) is 18.9 Å². The number of carbonyl (C=O) groups excluding carboxylic acids is 1. The Hall–Kier alpha value is -2.04. The van der Waals surface area contributed by atoms with Gasteiger partial charge in [0, 0.05) is 0 Å². The number of rotatable bonds is 6. The first kappa shape index (κ1) is 20.2. The van der Waals surface area contributed by atoms with E-state index in [-0.39, 0.29) is 20.9 Å². The summed E-state index contributed by atoms with van der Waals surface area (Å²) in [6.45, 7) is 4.15. The van der Waals surface area contributed by atoms with Gasteiger partial charge in [-0.05, 0) is 0 Å². The van der Waals surface area contributed by atoms with Crippen LogP contribution < -0.4 is 9.36 Å². The van der Waals surface area contributed by atoms with Crippen LogP contribution in [0.25, 0.3) is 0 Å². The van der Waals surface area contributed by atoms with Crippen LogP contribution in [-0.4, -0.2) is 37.8 Å². The van der Waals surface area contributed by atoms with Crippen molar-refractivity contribution in [3.8, 4) is 0 Å². The quantitative estimate of drug-likeness (QED) is 0.402. The number of methoxy groups -OCH3 is 1. The number of hydrogen-bond acceptors (Lipinski definition) is 3. The second-order valence-electron chi connectivity index (χ2n) is 6.99. The maximum absolute atomic E-state index is 13.3. The molecule has 0 aromatic heterocycles. The fraction of sp³-hybridized carbons (Fsp3) is 0.208. The summed E-state index contributed by atoms with van der Waals surface area (Å²) in [6.07, 6.45) is -0.480. The standard InChI is InChI=1S/C24H23NO2SSe/c1-17-11-10-12-18(2)21(17)25-23(26)22(27-3)24(25,28-19-13-6-4-7-14-19)29-20-15-8-5-9-16-20/h4-16,22H,1-3H3. The molecule has 0 saturated carbocycles. The van der Waals surface area contributed by atoms with Crippen LogP contribution in [0.2, 0.25) is 0 Å². The number of nitrogens with zero attached hydrogens (tertiary/aromatic N) is 1. The molecule has 3 aromatic rings. The van der Waals surface area contributed by atoms with Gasteiger partial charge < -0.3 is 0 Å². The molecule has 0 aliphatic carbocycles. The summed E-state index contributed by atoms with van der Waals surface area (Å²) < 4.78 is 6.55. The Morgan fingerprint density at radius 1 is 0.897 bits per heavy atom. The molecule has 1 aliphatic rings. The molecular weight excluding hydrogens is 445 g/mol. The van der Waals surface area contributed by atoms with Crippen LogP contribution in [0.5, 0.6) is 0 Å². The molecule has 1 heterocycles. The van der Waals surface area contributed by atoms with Crippen LogP contribution >= 0.6 is 11.8 Å². The summed E-state index contributed by atoms with van der Waals surface area (Å²) in [4.78, 5) is 16.4. The van der Waals surface area contributed by atoms with E-state index in [0.717, 1.165) is 21.7 Å². The maximum atomic E-state index is 13.3. The number of thioether (sulfide) groups is 1. The summed E-state index contributed by atoms with van der Waals surface area (Å²) >= 11 is 1.71. The van der Waals surface area contributed by atoms with Gasteiger partial charge in [-0.2, -0.15) is 0 Å². The Bertz CT molecular complexity index is 948. The first-order valence-corrected chi connectivity index (χ1v) is 12.0. The van der Waals surface area contributed by atoms with Crippen molar-refractivity contribution >= 4 is 42.8 Å². The fourth-order valence-corrected chi connectivity index (χ4v) is 8.84. The van der Waals surface area contributed by atoms with E-state index < -0.39 is 9.87 Å². The van der Waals surface area contributed by atoms with Crippen molar-refractivity contribution < 1.29 is 9.53 Å². The molecule has 0 radical (unpaired) electrons. The molecule has 148 valence electrons. The number of ether oxygens (including phenoxy) is 1. The second kappa shape index (κ2) is 8.37. The molecule has 2 unspecified atom stereocenters. The van der Waals surface area contributed by atoms with Gasteiger partial charge in [0.1, 0.15) is 0 Å². The molecule has 2 atom stereocenters. The van der Waals surface area contributed by atoms with Crippen molar-refractivity contribution in [3.05, 3.63) is 90.0 Å². The molecule has 0 spiro atoms. The summed E-state index contributed by atoms with van der Waals surface area (Å²) in [7, 11) is 1.64. The predicted molar refractivity (Wildman–Crippen MR) is 121 cm³/mol. The monoisotopic (exact) mass is 469 g/mol. The Labute approximate surface area is 182 Å². The fourth-order valence-electron chi connectivity index (χ4n) is 3.69. The van der Waals surface area contributed by atoms with Crippen LogP contribution in [0.3, 0.4) is 0 Å². The molecule has 1 amide bonds. The van der Waals surface area contributed by atoms with E-state index in [0.29, 0.717) is 0 Å². The normalized spacial score (nSPS) is 21.1. The molecule has 1 fully saturated rings. The van der Waals surface area contributed by atoms with Crippen molar-refractivity contribution in [1.82, 2.24) is 0 Å². The van der Waals surface area contributed by atoms with Crippen LogP contribution in [-0.2, 0) is 9.53 Å². The number of carbonyl (C=O) groups is 1. The number of benzene rings is 3. The molecule has 29 heavy (non-hydrogen) atoms. The van der Waals surface area contributed by atoms with E-state index in [2.05, 4.69) is 62.4 Å². The van der Waals surface area contributed by atoms with Crippen molar-refractivity contribution in [2.75, 3.05) is 12.0 Å². The van der Waals surface area contributed by atoms with E-state index in [9.17, 15) is 4.79 Å². The van der Waals surface area contributed by atoms with Crippen LogP contribution in [0.4, 0.5) is 5.69 Å². The summed E-state index contributed by atoms with van der Waals surface area (Å²) in [5, 5.41) is 0. The molecular formula is C24H23NO2SSe. The number of amides is 1. The topological polar surface area (TPSA) is 29.5 Å². The Balaban J connectivity index is 1.86. The average molecular weight is 468 g/mol. The van der Waals surface area contributed by atoms with E-state index in [1.165, 1.54) is 4.46 Å². The number of para-hydroxylation sites is 1. The molecule has 0 N–H and O–H groups in total. The zero-order valence-electron chi connectivity index (χ0n) is 16.7. The molecule has 0 bridgehead atoms. The van der Waals surface area contributed by atoms with E-state index in [4.69, 9.17) is 4.74 Å². The van der Waals surface area contributed by atoms with Gasteiger partial charge in [-0.25, -0.2) is 0 Å². The van der Waals surface area contributed by atoms with Gasteiger partial charge in [0.2, 0.25) is 0 Å². The van der Waals surface area contributed by atoms with Gasteiger partial charge in [-0.1, -0.05) is 0 Å². The first-order chi connectivity index (χ1) is 14.1. The Morgan fingerprint density at radius 2 is 1.48 bits per heavy atom. The average Bonchev–Trinajstić information content (AvgIpc) is 2.72. The number of β-lactam (4-membered cyclic amide) rings is 1. The summed E-state index contributed by atoms with van der Waals surface area (Å²) in [5.74, 6) is 0.0335. The van der Waals surface area contributed by atoms with Gasteiger partial charge in [0.15, 0.2) is 0 Å². The number of hydrogen-bond donors (Lipinski definition) is 0. The van der Waals surface area contributed by atoms with Crippen LogP contribution in [0.1, 0.15) is 11.1 Å². The SMILES string of the molecule is COC1C(=O)N(c2c(C)cccc2C)C1(Sc1ccccc1)[Se]c1ccccc1. The van der Waals surface area contributed by atoms with Crippen LogP contribution in [0.15, 0.2) is 83.8 Å². The Morgan fingerprint density at radius 3 is 2.07 bits per heavy atom. The van der Waals surface area contributed by atoms with Crippen molar-refractivity contribution in [2.45, 2.75) is 28.6 Å². The Kier molecular flexibility index (Phi) is 5.84. The van der Waals surface area contributed by atoms with Crippen molar-refractivity contribution in [3.63, 3.8) is 0 Å². The van der Waals surface area contributed by atoms with E-state index in [1.807, 2.05) is 35.2 Å². The number of anilines is 1. The molecule has 5 heteroatoms. The predicted octanol–water partition coefficient (Wildman–Crippen LogP) is 4.14. The zero-order valence-corrected chi connectivity index (χ0v) is 19.2. The molecule has 3 nitrogen and oxygen atoms in total. The van der Waals surface area contributed by atoms with Crippen molar-refractivity contribution in [1.29, 1.82) is 0 Å². The molecule has 3 aromatic carbocycles. The molecule has 1 saturated heterocycles. The zero-order chi connectivity index (χ0) is 20.4. The first-order valence-electron chi connectivity index (χ1n) is 9.48. The summed E-state index contributed by atoms with van der Waals surface area (Å²) in [5.41, 5.74) is 3.22. The van der Waals surface area contributed by atoms with E-state index >= 15 is 0 Å². The second-order valence-corrected chi connectivity index (χ2v) is 11.6. The van der Waals surface area contributed by atoms with Gasteiger partial charge in [0.05, 0.1) is 0 Å². The van der Waals surface area contributed by atoms with Crippen LogP contribution in [0, 0.1) is 13.8 Å². The van der Waals surface area contributed by atoms with Gasteiger partial charge in [-0.15, -0.1) is 0 Å².